The molecule has 11 nitrogen and oxygen atoms in total. The second-order valence-corrected chi connectivity index (χ2v) is 23.2. The molecule has 1 saturated heterocycles. The summed E-state index contributed by atoms with van der Waals surface area (Å²) in [4.78, 5) is 26.6. The molecule has 1 aliphatic heterocycles. The number of carbonyl (C=O) groups is 2. The first-order valence-electron chi connectivity index (χ1n) is 34.2. The molecule has 0 aromatic heterocycles. The third-order valence-corrected chi connectivity index (χ3v) is 15.4. The molecule has 0 aromatic rings. The number of esters is 1. The lowest BCUT2D eigenvalue weighted by Gasteiger charge is -2.41. The van der Waals surface area contributed by atoms with E-state index in [4.69, 9.17) is 14.2 Å². The number of aliphatic hydroxyl groups is 5. The van der Waals surface area contributed by atoms with Crippen molar-refractivity contribution >= 4 is 11.9 Å². The van der Waals surface area contributed by atoms with Crippen molar-refractivity contribution in [3.05, 3.63) is 109 Å². The third kappa shape index (κ3) is 46.5. The molecule has 1 rings (SSSR count). The van der Waals surface area contributed by atoms with Gasteiger partial charge in [0.15, 0.2) is 12.4 Å². The fourth-order valence-corrected chi connectivity index (χ4v) is 9.97. The number of hydrogen-bond donors (Lipinski definition) is 6. The summed E-state index contributed by atoms with van der Waals surface area (Å²) in [6, 6.07) is -1.05. The highest BCUT2D eigenvalue weighted by atomic mass is 16.7. The molecule has 1 aliphatic rings. The quantitative estimate of drug-likeness (QED) is 0.0195. The van der Waals surface area contributed by atoms with Crippen molar-refractivity contribution in [3.63, 3.8) is 0 Å². The second kappa shape index (κ2) is 59.6. The van der Waals surface area contributed by atoms with Crippen LogP contribution in [-0.4, -0.2) is 99.6 Å². The van der Waals surface area contributed by atoms with E-state index in [1.165, 1.54) is 116 Å². The van der Waals surface area contributed by atoms with E-state index < -0.39 is 67.4 Å². The monoisotopic (exact) mass is 1180 g/mol. The van der Waals surface area contributed by atoms with Crippen LogP contribution in [0.3, 0.4) is 0 Å². The van der Waals surface area contributed by atoms with E-state index in [2.05, 4.69) is 123 Å². The van der Waals surface area contributed by atoms with Gasteiger partial charge in [-0.25, -0.2) is 0 Å². The average Bonchev–Trinajstić information content (AvgIpc) is 3.69. The van der Waals surface area contributed by atoms with E-state index in [1.54, 1.807) is 6.08 Å². The van der Waals surface area contributed by atoms with Gasteiger partial charge in [0, 0.05) is 6.42 Å². The van der Waals surface area contributed by atoms with Crippen molar-refractivity contribution < 1.29 is 49.3 Å². The summed E-state index contributed by atoms with van der Waals surface area (Å²) in [5, 5.41) is 57.1. The van der Waals surface area contributed by atoms with Crippen LogP contribution >= 0.6 is 0 Å². The molecule has 1 heterocycles. The van der Waals surface area contributed by atoms with Gasteiger partial charge in [-0.1, -0.05) is 265 Å². The Labute approximate surface area is 513 Å². The molecular weight excluding hydrogens is 1050 g/mol. The van der Waals surface area contributed by atoms with E-state index >= 15 is 0 Å². The summed E-state index contributed by atoms with van der Waals surface area (Å²) in [5.74, 6) is -1.24. The number of nitrogens with one attached hydrogen (secondary N) is 1. The lowest BCUT2D eigenvalue weighted by molar-refractivity contribution is -0.305. The van der Waals surface area contributed by atoms with Gasteiger partial charge in [0.2, 0.25) is 5.91 Å². The fraction of sp³-hybridized carbons (Fsp3) is 0.726. The van der Waals surface area contributed by atoms with Crippen LogP contribution in [-0.2, 0) is 23.8 Å². The van der Waals surface area contributed by atoms with Crippen LogP contribution in [0, 0.1) is 0 Å². The van der Waals surface area contributed by atoms with Crippen LogP contribution in [0.4, 0.5) is 0 Å². The molecule has 0 saturated carbocycles. The van der Waals surface area contributed by atoms with Gasteiger partial charge in [-0.3, -0.25) is 9.59 Å². The number of rotatable bonds is 57. The number of aliphatic hydroxyl groups excluding tert-OH is 5. The zero-order valence-electron chi connectivity index (χ0n) is 53.5. The van der Waals surface area contributed by atoms with Crippen LogP contribution in [0.25, 0.3) is 0 Å². The Hall–Kier alpha value is -3.68. The van der Waals surface area contributed by atoms with Gasteiger partial charge in [0.25, 0.3) is 0 Å². The number of unbranched alkanes of at least 4 members (excludes halogenated alkanes) is 27. The van der Waals surface area contributed by atoms with Gasteiger partial charge >= 0.3 is 5.97 Å². The second-order valence-electron chi connectivity index (χ2n) is 23.2. The molecule has 0 radical (unpaired) electrons. The minimum atomic E-state index is -1.63. The Morgan fingerprint density at radius 3 is 1.25 bits per heavy atom. The summed E-state index contributed by atoms with van der Waals surface area (Å²) in [6.07, 6.45) is 71.2. The Kier molecular flexibility index (Phi) is 55.6. The maximum atomic E-state index is 13.4. The van der Waals surface area contributed by atoms with Gasteiger partial charge in [0.1, 0.15) is 24.4 Å². The normalized spacial score (nSPS) is 19.2. The molecule has 1 amide bonds. The topological polar surface area (TPSA) is 175 Å². The lowest BCUT2D eigenvalue weighted by Crippen LogP contribution is -2.61. The number of ether oxygens (including phenoxy) is 3. The van der Waals surface area contributed by atoms with Crippen LogP contribution < -0.4 is 5.32 Å². The first-order chi connectivity index (χ1) is 41.2. The van der Waals surface area contributed by atoms with E-state index in [0.29, 0.717) is 12.8 Å². The predicted molar refractivity (Wildman–Crippen MR) is 351 cm³/mol. The molecule has 0 spiro atoms. The largest absolute Gasteiger partial charge is 0.454 e. The Balaban J connectivity index is 2.63. The first-order valence-corrected chi connectivity index (χ1v) is 34.2. The third-order valence-electron chi connectivity index (χ3n) is 15.4. The van der Waals surface area contributed by atoms with Crippen molar-refractivity contribution in [2.75, 3.05) is 13.2 Å². The zero-order chi connectivity index (χ0) is 61.0. The van der Waals surface area contributed by atoms with Gasteiger partial charge in [-0.05, 0) is 116 Å². The van der Waals surface area contributed by atoms with Crippen LogP contribution in [0.2, 0.25) is 0 Å². The molecular formula is C73H125NO10. The highest BCUT2D eigenvalue weighted by Crippen LogP contribution is 2.26. The van der Waals surface area contributed by atoms with Gasteiger partial charge in [0.05, 0.1) is 25.4 Å². The molecule has 0 bridgehead atoms. The highest BCUT2D eigenvalue weighted by Gasteiger charge is 2.47. The first kappa shape index (κ1) is 78.3. The van der Waals surface area contributed by atoms with E-state index in [9.17, 15) is 35.1 Å². The van der Waals surface area contributed by atoms with E-state index in [-0.39, 0.29) is 19.4 Å². The van der Waals surface area contributed by atoms with Gasteiger partial charge in [-0.2, -0.15) is 0 Å². The number of carbonyl (C=O) groups excluding carboxylic acids is 2. The Morgan fingerprint density at radius 2 is 0.821 bits per heavy atom. The van der Waals surface area contributed by atoms with Crippen molar-refractivity contribution in [3.8, 4) is 0 Å². The lowest BCUT2D eigenvalue weighted by atomic mass is 9.99. The highest BCUT2D eigenvalue weighted by molar-refractivity contribution is 5.80. The smallest absolute Gasteiger partial charge is 0.306 e. The van der Waals surface area contributed by atoms with Gasteiger partial charge in [-0.15, -0.1) is 0 Å². The molecule has 6 N–H and O–H groups in total. The number of hydrogen-bond acceptors (Lipinski definition) is 10. The molecule has 0 aliphatic carbocycles. The van der Waals surface area contributed by atoms with Crippen LogP contribution in [0.15, 0.2) is 109 Å². The SMILES string of the molecule is CCCCC/C=C\C/C=C\C/C=C\C/C=C\CCCCCCCCCCCC(=O)OC1C(OCC(NC(=O)C(O)CCCC/C=C\C/C=C\C/C=C\C/C=C\CCCCC)C(O)/C=C/CCCCCCCCCCCC)OC(CO)C(O)C1O. The molecule has 8 atom stereocenters. The van der Waals surface area contributed by atoms with Crippen LogP contribution in [0.5, 0.6) is 0 Å². The van der Waals surface area contributed by atoms with E-state index in [0.717, 1.165) is 116 Å². The average molecular weight is 1180 g/mol. The minimum Gasteiger partial charge on any atom is -0.454 e. The Bertz CT molecular complexity index is 1780. The fourth-order valence-electron chi connectivity index (χ4n) is 9.97. The zero-order valence-corrected chi connectivity index (χ0v) is 53.5. The summed E-state index contributed by atoms with van der Waals surface area (Å²) in [6.45, 7) is 5.71. The molecule has 0 aromatic carbocycles. The van der Waals surface area contributed by atoms with Crippen molar-refractivity contribution in [1.82, 2.24) is 5.32 Å². The number of amides is 1. The summed E-state index contributed by atoms with van der Waals surface area (Å²) in [5.41, 5.74) is 0. The maximum absolute atomic E-state index is 13.4. The summed E-state index contributed by atoms with van der Waals surface area (Å²) < 4.78 is 17.7. The minimum absolute atomic E-state index is 0.107. The molecule has 11 heteroatoms. The standard InChI is InChI=1S/C73H125NO10/c1-4-7-10-13-16-19-22-25-27-29-31-32-33-34-35-36-37-39-41-43-46-49-52-55-58-61-68(78)84-71-70(80)69(79)67(62-75)83-73(71)82-63-64(65(76)59-56-53-50-47-44-24-21-18-15-12-9-6-3)74-72(81)66(77)60-57-54-51-48-45-42-40-38-30-28-26-23-20-17-14-11-8-5-2/h16-17,19-20,25-28,31-32,34-35,38,40,45,48,56,59,64-67,69-71,73,75-77,79-80H,4-15,18,21-24,29-30,33,36-37,39,41-44,46-47,49-55,57-58,60-63H2,1-3H3,(H,74,81)/b19-16-,20-17-,27-25-,28-26-,32-31-,35-34-,40-38-,48-45-,59-56+. The van der Waals surface area contributed by atoms with Crippen LogP contribution in [0.1, 0.15) is 278 Å². The molecule has 1 fully saturated rings. The molecule has 84 heavy (non-hydrogen) atoms. The summed E-state index contributed by atoms with van der Waals surface area (Å²) in [7, 11) is 0. The van der Waals surface area contributed by atoms with Crippen molar-refractivity contribution in [2.24, 2.45) is 0 Å². The van der Waals surface area contributed by atoms with E-state index in [1.807, 2.05) is 6.08 Å². The Morgan fingerprint density at radius 1 is 0.464 bits per heavy atom. The maximum Gasteiger partial charge on any atom is 0.306 e. The van der Waals surface area contributed by atoms with Crippen molar-refractivity contribution in [2.45, 2.75) is 327 Å². The number of allylic oxidation sites excluding steroid dienone is 17. The van der Waals surface area contributed by atoms with Gasteiger partial charge < -0.3 is 45.1 Å². The molecule has 482 valence electrons. The predicted octanol–water partition coefficient (Wildman–Crippen LogP) is 17.2. The van der Waals surface area contributed by atoms with Crippen molar-refractivity contribution in [1.29, 1.82) is 0 Å². The summed E-state index contributed by atoms with van der Waals surface area (Å²) >= 11 is 0. The molecule has 8 unspecified atom stereocenters.